The van der Waals surface area contributed by atoms with Crippen LogP contribution in [-0.4, -0.2) is 9.97 Å². The van der Waals surface area contributed by atoms with Gasteiger partial charge in [-0.2, -0.15) is 5.26 Å². The molecule has 17 heavy (non-hydrogen) atoms. The van der Waals surface area contributed by atoms with Gasteiger partial charge < -0.3 is 0 Å². The van der Waals surface area contributed by atoms with Crippen LogP contribution in [0, 0.1) is 25.2 Å². The third-order valence-electron chi connectivity index (χ3n) is 2.26. The second kappa shape index (κ2) is 4.98. The lowest BCUT2D eigenvalue weighted by molar-refractivity contribution is 1.06. The molecule has 2 aromatic rings. The number of aromatic nitrogens is 2. The van der Waals surface area contributed by atoms with Crippen LogP contribution in [0.15, 0.2) is 40.4 Å². The summed E-state index contributed by atoms with van der Waals surface area (Å²) >= 11 is 1.49. The van der Waals surface area contributed by atoms with E-state index in [1.807, 2.05) is 38.1 Å². The zero-order valence-corrected chi connectivity index (χ0v) is 10.5. The van der Waals surface area contributed by atoms with Crippen LogP contribution in [0.3, 0.4) is 0 Å². The fraction of sp³-hybridized carbons (Fsp3) is 0.154. The van der Waals surface area contributed by atoms with Gasteiger partial charge >= 0.3 is 0 Å². The van der Waals surface area contributed by atoms with Crippen LogP contribution in [0.1, 0.15) is 17.0 Å². The van der Waals surface area contributed by atoms with Gasteiger partial charge in [0.25, 0.3) is 0 Å². The van der Waals surface area contributed by atoms with E-state index < -0.39 is 0 Å². The standard InChI is InChI=1S/C13H11N3S/c1-9-7-12(11(8-14)10(2)16-9)17-13-5-3-4-6-15-13/h3-7H,1-2H3. The molecule has 0 aromatic carbocycles. The number of hydrogen-bond acceptors (Lipinski definition) is 4. The average molecular weight is 241 g/mol. The highest BCUT2D eigenvalue weighted by atomic mass is 32.2. The molecule has 0 N–H and O–H groups in total. The molecule has 0 atom stereocenters. The van der Waals surface area contributed by atoms with Gasteiger partial charge in [-0.05, 0) is 32.0 Å². The molecule has 0 aliphatic rings. The highest BCUT2D eigenvalue weighted by Crippen LogP contribution is 2.30. The molecule has 0 unspecified atom stereocenters. The van der Waals surface area contributed by atoms with Crippen molar-refractivity contribution in [1.82, 2.24) is 9.97 Å². The summed E-state index contributed by atoms with van der Waals surface area (Å²) in [5, 5.41) is 10.0. The number of aryl methyl sites for hydroxylation is 2. The van der Waals surface area contributed by atoms with Crippen LogP contribution >= 0.6 is 11.8 Å². The summed E-state index contributed by atoms with van der Waals surface area (Å²) in [5.41, 5.74) is 2.32. The molecule has 3 nitrogen and oxygen atoms in total. The molecule has 0 fully saturated rings. The lowest BCUT2D eigenvalue weighted by Crippen LogP contribution is -1.94. The lowest BCUT2D eigenvalue weighted by Gasteiger charge is -2.06. The molecular weight excluding hydrogens is 230 g/mol. The number of rotatable bonds is 2. The summed E-state index contributed by atoms with van der Waals surface area (Å²) in [6.07, 6.45) is 1.75. The van der Waals surface area contributed by atoms with E-state index in [0.717, 1.165) is 21.3 Å². The van der Waals surface area contributed by atoms with Crippen molar-refractivity contribution >= 4 is 11.8 Å². The first-order valence-corrected chi connectivity index (χ1v) is 5.99. The summed E-state index contributed by atoms with van der Waals surface area (Å²) in [6, 6.07) is 9.86. The number of nitriles is 1. The summed E-state index contributed by atoms with van der Waals surface area (Å²) < 4.78 is 0. The average Bonchev–Trinajstić information content (AvgIpc) is 2.30. The summed E-state index contributed by atoms with van der Waals surface area (Å²) in [5.74, 6) is 0. The molecule has 0 saturated heterocycles. The highest BCUT2D eigenvalue weighted by molar-refractivity contribution is 7.99. The van der Waals surface area contributed by atoms with Gasteiger partial charge in [-0.1, -0.05) is 17.8 Å². The largest absolute Gasteiger partial charge is 0.257 e. The monoisotopic (exact) mass is 241 g/mol. The topological polar surface area (TPSA) is 49.6 Å². The molecule has 0 aliphatic heterocycles. The Kier molecular flexibility index (Phi) is 3.40. The minimum Gasteiger partial charge on any atom is -0.257 e. The third-order valence-corrected chi connectivity index (χ3v) is 3.25. The van der Waals surface area contributed by atoms with Crippen LogP contribution < -0.4 is 0 Å². The zero-order valence-electron chi connectivity index (χ0n) is 9.64. The predicted octanol–water partition coefficient (Wildman–Crippen LogP) is 3.12. The minimum absolute atomic E-state index is 0.631. The Labute approximate surface area is 105 Å². The molecular formula is C13H11N3S. The van der Waals surface area contributed by atoms with E-state index in [1.54, 1.807) is 6.20 Å². The Morgan fingerprint density at radius 2 is 2.12 bits per heavy atom. The SMILES string of the molecule is Cc1cc(Sc2ccccn2)c(C#N)c(C)n1. The molecule has 2 rings (SSSR count). The second-order valence-corrected chi connectivity index (χ2v) is 4.67. The van der Waals surface area contributed by atoms with Gasteiger partial charge in [0, 0.05) is 16.8 Å². The van der Waals surface area contributed by atoms with Crippen LogP contribution in [-0.2, 0) is 0 Å². The van der Waals surface area contributed by atoms with Gasteiger partial charge in [-0.15, -0.1) is 0 Å². The maximum Gasteiger partial charge on any atom is 0.102 e. The molecule has 0 amide bonds. The van der Waals surface area contributed by atoms with Gasteiger partial charge in [0.05, 0.1) is 11.3 Å². The van der Waals surface area contributed by atoms with Crippen molar-refractivity contribution in [2.45, 2.75) is 23.8 Å². The van der Waals surface area contributed by atoms with Crippen molar-refractivity contribution in [3.8, 4) is 6.07 Å². The van der Waals surface area contributed by atoms with E-state index in [4.69, 9.17) is 5.26 Å². The summed E-state index contributed by atoms with van der Waals surface area (Å²) in [6.45, 7) is 3.78. The Morgan fingerprint density at radius 1 is 1.29 bits per heavy atom. The minimum atomic E-state index is 0.631. The van der Waals surface area contributed by atoms with Crippen LogP contribution in [0.5, 0.6) is 0 Å². The van der Waals surface area contributed by atoms with Gasteiger partial charge in [0.1, 0.15) is 11.1 Å². The third kappa shape index (κ3) is 2.63. The lowest BCUT2D eigenvalue weighted by atomic mass is 10.2. The van der Waals surface area contributed by atoms with Crippen molar-refractivity contribution in [3.63, 3.8) is 0 Å². The Hall–Kier alpha value is -1.86. The first-order valence-electron chi connectivity index (χ1n) is 5.18. The van der Waals surface area contributed by atoms with Crippen molar-refractivity contribution in [3.05, 3.63) is 47.4 Å². The normalized spacial score (nSPS) is 9.94. The van der Waals surface area contributed by atoms with Gasteiger partial charge in [-0.25, -0.2) is 4.98 Å². The van der Waals surface area contributed by atoms with Crippen molar-refractivity contribution in [1.29, 1.82) is 5.26 Å². The van der Waals surface area contributed by atoms with E-state index in [0.29, 0.717) is 5.56 Å². The summed E-state index contributed by atoms with van der Waals surface area (Å²) in [4.78, 5) is 9.45. The Morgan fingerprint density at radius 3 is 2.76 bits per heavy atom. The number of pyridine rings is 2. The quantitative estimate of drug-likeness (QED) is 0.810. The highest BCUT2D eigenvalue weighted by Gasteiger charge is 2.09. The molecule has 0 radical (unpaired) electrons. The molecule has 2 heterocycles. The molecule has 4 heteroatoms. The van der Waals surface area contributed by atoms with Gasteiger partial charge in [0.15, 0.2) is 0 Å². The molecule has 0 aliphatic carbocycles. The summed E-state index contributed by atoms with van der Waals surface area (Å²) in [7, 11) is 0. The Balaban J connectivity index is 2.43. The van der Waals surface area contributed by atoms with Gasteiger partial charge in [0.2, 0.25) is 0 Å². The molecule has 0 saturated carbocycles. The van der Waals surface area contributed by atoms with Crippen LogP contribution in [0.25, 0.3) is 0 Å². The molecule has 0 spiro atoms. The zero-order chi connectivity index (χ0) is 12.3. The van der Waals surface area contributed by atoms with E-state index in [1.165, 1.54) is 11.8 Å². The molecule has 84 valence electrons. The van der Waals surface area contributed by atoms with Crippen molar-refractivity contribution < 1.29 is 0 Å². The van der Waals surface area contributed by atoms with E-state index >= 15 is 0 Å². The Bertz CT molecular complexity index is 573. The molecule has 2 aromatic heterocycles. The smallest absolute Gasteiger partial charge is 0.102 e. The number of hydrogen-bond donors (Lipinski definition) is 0. The van der Waals surface area contributed by atoms with E-state index in [2.05, 4.69) is 16.0 Å². The molecule has 0 bridgehead atoms. The first-order chi connectivity index (χ1) is 8.20. The fourth-order valence-corrected chi connectivity index (χ4v) is 2.54. The maximum atomic E-state index is 9.14. The van der Waals surface area contributed by atoms with E-state index in [-0.39, 0.29) is 0 Å². The predicted molar refractivity (Wildman–Crippen MR) is 66.8 cm³/mol. The van der Waals surface area contributed by atoms with Crippen LogP contribution in [0.4, 0.5) is 0 Å². The van der Waals surface area contributed by atoms with E-state index in [9.17, 15) is 0 Å². The first kappa shape index (κ1) is 11.6. The van der Waals surface area contributed by atoms with Crippen LogP contribution in [0.2, 0.25) is 0 Å². The number of nitrogens with zero attached hydrogens (tertiary/aromatic N) is 3. The van der Waals surface area contributed by atoms with Gasteiger partial charge in [-0.3, -0.25) is 4.98 Å². The van der Waals surface area contributed by atoms with Crippen molar-refractivity contribution in [2.75, 3.05) is 0 Å². The van der Waals surface area contributed by atoms with Crippen molar-refractivity contribution in [2.24, 2.45) is 0 Å². The second-order valence-electron chi connectivity index (χ2n) is 3.60. The maximum absolute atomic E-state index is 9.14. The fourth-order valence-electron chi connectivity index (χ4n) is 1.53.